The molecule has 0 bridgehead atoms. The van der Waals surface area contributed by atoms with Crippen molar-refractivity contribution in [3.8, 4) is 0 Å². The summed E-state index contributed by atoms with van der Waals surface area (Å²) in [7, 11) is 2.77. The summed E-state index contributed by atoms with van der Waals surface area (Å²) in [4.78, 5) is 24.9. The molecule has 0 unspecified atom stereocenters. The number of hydrogen-bond acceptors (Lipinski definition) is 5. The fourth-order valence-electron chi connectivity index (χ4n) is 4.01. The van der Waals surface area contributed by atoms with Crippen LogP contribution in [0.4, 0.5) is 0 Å². The number of aliphatic hydroxyl groups is 1. The first-order chi connectivity index (χ1) is 12.5. The van der Waals surface area contributed by atoms with Crippen LogP contribution < -0.4 is 0 Å². The Kier molecular flexibility index (Phi) is 7.88. The molecule has 146 valence electrons. The van der Waals surface area contributed by atoms with E-state index in [2.05, 4.69) is 0 Å². The number of carbonyl (C=O) groups excluding carboxylic acids is 2. The molecule has 0 atom stereocenters. The largest absolute Gasteiger partial charge is 0.489 e. The highest BCUT2D eigenvalue weighted by molar-refractivity contribution is 6.23. The first kappa shape index (κ1) is 20.7. The summed E-state index contributed by atoms with van der Waals surface area (Å²) in [5, 5.41) is 9.55. The second kappa shape index (κ2) is 9.91. The lowest BCUT2D eigenvalue weighted by Crippen LogP contribution is -2.25. The van der Waals surface area contributed by atoms with Crippen LogP contribution in [0.3, 0.4) is 0 Å². The van der Waals surface area contributed by atoms with Crippen molar-refractivity contribution >= 4 is 11.6 Å². The SMILES string of the molecule is COC1=C(OC)C(=O)C(CCCCCC[C@H]2CC[C@@H](O)CC2)=C(C)C1=O. The molecule has 0 spiro atoms. The highest BCUT2D eigenvalue weighted by Crippen LogP contribution is 2.30. The summed E-state index contributed by atoms with van der Waals surface area (Å²) in [6, 6.07) is 0. The Bertz CT molecular complexity index is 579. The third-order valence-electron chi connectivity index (χ3n) is 5.70. The molecule has 2 rings (SSSR count). The molecule has 0 amide bonds. The number of methoxy groups -OCH3 is 2. The lowest BCUT2D eigenvalue weighted by molar-refractivity contribution is -0.121. The molecule has 5 nitrogen and oxygen atoms in total. The number of aliphatic hydroxyl groups excluding tert-OH is 1. The van der Waals surface area contributed by atoms with Crippen molar-refractivity contribution in [2.24, 2.45) is 5.92 Å². The van der Waals surface area contributed by atoms with E-state index in [4.69, 9.17) is 9.47 Å². The maximum Gasteiger partial charge on any atom is 0.228 e. The van der Waals surface area contributed by atoms with E-state index >= 15 is 0 Å². The standard InChI is InChI=1S/C21H32O5/c1-14-17(19(24)21(26-3)20(25-2)18(14)23)9-7-5-4-6-8-15-10-12-16(22)13-11-15/h15-16,22H,4-13H2,1-3H3/t15-,16+. The molecule has 2 aliphatic carbocycles. The number of ether oxygens (including phenoxy) is 2. The zero-order chi connectivity index (χ0) is 19.1. The fourth-order valence-corrected chi connectivity index (χ4v) is 4.01. The van der Waals surface area contributed by atoms with E-state index in [1.165, 1.54) is 27.1 Å². The maximum atomic E-state index is 12.5. The van der Waals surface area contributed by atoms with Crippen LogP contribution >= 0.6 is 0 Å². The zero-order valence-electron chi connectivity index (χ0n) is 16.3. The Morgan fingerprint density at radius 2 is 1.46 bits per heavy atom. The van der Waals surface area contributed by atoms with Gasteiger partial charge in [0.1, 0.15) is 0 Å². The van der Waals surface area contributed by atoms with Gasteiger partial charge < -0.3 is 14.6 Å². The summed E-state index contributed by atoms with van der Waals surface area (Å²) in [6.07, 6.45) is 10.3. The first-order valence-electron chi connectivity index (χ1n) is 9.79. The van der Waals surface area contributed by atoms with Crippen LogP contribution in [0.5, 0.6) is 0 Å². The van der Waals surface area contributed by atoms with E-state index in [1.807, 2.05) is 0 Å². The molecule has 1 N–H and O–H groups in total. The summed E-state index contributed by atoms with van der Waals surface area (Å²) in [5.41, 5.74) is 1.04. The van der Waals surface area contributed by atoms with Crippen LogP contribution in [-0.2, 0) is 19.1 Å². The van der Waals surface area contributed by atoms with Gasteiger partial charge in [-0.25, -0.2) is 0 Å². The van der Waals surface area contributed by atoms with Crippen LogP contribution in [0.1, 0.15) is 71.1 Å². The minimum Gasteiger partial charge on any atom is -0.489 e. The van der Waals surface area contributed by atoms with Gasteiger partial charge in [-0.15, -0.1) is 0 Å². The molecule has 2 aliphatic rings. The lowest BCUT2D eigenvalue weighted by atomic mass is 9.84. The summed E-state index contributed by atoms with van der Waals surface area (Å²) in [5.74, 6) is 0.331. The third-order valence-corrected chi connectivity index (χ3v) is 5.70. The van der Waals surface area contributed by atoms with Gasteiger partial charge >= 0.3 is 0 Å². The van der Waals surface area contributed by atoms with Gasteiger partial charge in [-0.3, -0.25) is 9.59 Å². The number of Topliss-reactive ketones (excluding diaryl/α,β-unsaturated/α-hetero) is 2. The van der Waals surface area contributed by atoms with Gasteiger partial charge in [-0.05, 0) is 51.4 Å². The topological polar surface area (TPSA) is 72.8 Å². The second-order valence-corrected chi connectivity index (χ2v) is 7.46. The monoisotopic (exact) mass is 364 g/mol. The maximum absolute atomic E-state index is 12.5. The number of allylic oxidation sites excluding steroid dienone is 2. The van der Waals surface area contributed by atoms with Crippen molar-refractivity contribution in [3.05, 3.63) is 22.7 Å². The highest BCUT2D eigenvalue weighted by Gasteiger charge is 2.34. The minimum absolute atomic E-state index is 0.0105. The Morgan fingerprint density at radius 3 is 2.08 bits per heavy atom. The first-order valence-corrected chi connectivity index (χ1v) is 9.79. The van der Waals surface area contributed by atoms with Crippen LogP contribution in [0, 0.1) is 5.92 Å². The fraction of sp³-hybridized carbons (Fsp3) is 0.714. The zero-order valence-corrected chi connectivity index (χ0v) is 16.3. The van der Waals surface area contributed by atoms with E-state index in [0.29, 0.717) is 17.6 Å². The normalized spacial score (nSPS) is 24.3. The van der Waals surface area contributed by atoms with Crippen LogP contribution in [0.25, 0.3) is 0 Å². The van der Waals surface area contributed by atoms with Gasteiger partial charge in [0.15, 0.2) is 0 Å². The van der Waals surface area contributed by atoms with E-state index in [0.717, 1.165) is 50.9 Å². The van der Waals surface area contributed by atoms with E-state index < -0.39 is 0 Å². The van der Waals surface area contributed by atoms with Gasteiger partial charge in [-0.1, -0.05) is 25.7 Å². The number of hydrogen-bond donors (Lipinski definition) is 1. The van der Waals surface area contributed by atoms with Crippen LogP contribution in [-0.4, -0.2) is 37.0 Å². The third kappa shape index (κ3) is 4.97. The Balaban J connectivity index is 1.74. The van der Waals surface area contributed by atoms with Crippen LogP contribution in [0.2, 0.25) is 0 Å². The summed E-state index contributed by atoms with van der Waals surface area (Å²) >= 11 is 0. The number of carbonyl (C=O) groups is 2. The van der Waals surface area contributed by atoms with Crippen LogP contribution in [0.15, 0.2) is 22.7 Å². The van der Waals surface area contributed by atoms with Gasteiger partial charge in [0, 0.05) is 11.1 Å². The number of rotatable bonds is 9. The average molecular weight is 364 g/mol. The quantitative estimate of drug-likeness (QED) is 0.497. The van der Waals surface area contributed by atoms with Crippen molar-refractivity contribution < 1.29 is 24.2 Å². The van der Waals surface area contributed by atoms with Gasteiger partial charge in [0.2, 0.25) is 23.1 Å². The Labute approximate surface area is 156 Å². The second-order valence-electron chi connectivity index (χ2n) is 7.46. The molecule has 5 heteroatoms. The smallest absolute Gasteiger partial charge is 0.228 e. The van der Waals surface area contributed by atoms with Crippen molar-refractivity contribution in [1.29, 1.82) is 0 Å². The predicted molar refractivity (Wildman–Crippen MR) is 99.4 cm³/mol. The molecule has 0 saturated heterocycles. The molecule has 1 fully saturated rings. The van der Waals surface area contributed by atoms with Gasteiger partial charge in [-0.2, -0.15) is 0 Å². The molecule has 0 aromatic carbocycles. The average Bonchev–Trinajstić information content (AvgIpc) is 2.64. The van der Waals surface area contributed by atoms with E-state index in [1.54, 1.807) is 6.92 Å². The molecule has 26 heavy (non-hydrogen) atoms. The predicted octanol–water partition coefficient (Wildman–Crippen LogP) is 3.85. The number of unbranched alkanes of at least 4 members (excludes halogenated alkanes) is 3. The molecular weight excluding hydrogens is 332 g/mol. The van der Waals surface area contributed by atoms with Crippen molar-refractivity contribution in [2.45, 2.75) is 77.2 Å². The Hall–Kier alpha value is -1.62. The van der Waals surface area contributed by atoms with Gasteiger partial charge in [0.25, 0.3) is 0 Å². The molecule has 0 radical (unpaired) electrons. The Morgan fingerprint density at radius 1 is 0.885 bits per heavy atom. The molecule has 0 aromatic heterocycles. The number of ketones is 2. The highest BCUT2D eigenvalue weighted by atomic mass is 16.5. The van der Waals surface area contributed by atoms with E-state index in [-0.39, 0.29) is 29.2 Å². The summed E-state index contributed by atoms with van der Waals surface area (Å²) in [6.45, 7) is 1.69. The molecule has 1 saturated carbocycles. The van der Waals surface area contributed by atoms with Gasteiger partial charge in [0.05, 0.1) is 20.3 Å². The molecule has 0 heterocycles. The summed E-state index contributed by atoms with van der Waals surface area (Å²) < 4.78 is 10.2. The van der Waals surface area contributed by atoms with Crippen molar-refractivity contribution in [2.75, 3.05) is 14.2 Å². The molecule has 0 aromatic rings. The molecule has 0 aliphatic heterocycles. The van der Waals surface area contributed by atoms with E-state index in [9.17, 15) is 14.7 Å². The van der Waals surface area contributed by atoms with Crippen molar-refractivity contribution in [3.63, 3.8) is 0 Å². The molecular formula is C21H32O5. The van der Waals surface area contributed by atoms with Crippen molar-refractivity contribution in [1.82, 2.24) is 0 Å². The minimum atomic E-state index is -0.251. The lowest BCUT2D eigenvalue weighted by Gasteiger charge is -2.25.